The quantitative estimate of drug-likeness (QED) is 0.772. The molecule has 0 spiro atoms. The van der Waals surface area contributed by atoms with Crippen LogP contribution in [0.25, 0.3) is 0 Å². The van der Waals surface area contributed by atoms with Crippen LogP contribution in [0.4, 0.5) is 0 Å². The summed E-state index contributed by atoms with van der Waals surface area (Å²) in [5.41, 5.74) is 0. The number of ether oxygens (including phenoxy) is 1. The molecule has 0 N–H and O–H groups in total. The highest BCUT2D eigenvalue weighted by molar-refractivity contribution is 6.30. The first-order valence-electron chi connectivity index (χ1n) is 7.56. The van der Waals surface area contributed by atoms with Gasteiger partial charge in [0, 0.05) is 10.9 Å². The standard InChI is InChI=1S/C17H23ClO2/c1-3-13-6-4-7-14(10-13)17(19)12(2)20-16-9-5-8-15(18)11-16/h5,8-9,11-14H,3-4,6-7,10H2,1-2H3. The van der Waals surface area contributed by atoms with Crippen molar-refractivity contribution in [1.29, 1.82) is 0 Å². The molecular weight excluding hydrogens is 272 g/mol. The minimum atomic E-state index is -0.394. The highest BCUT2D eigenvalue weighted by Gasteiger charge is 2.30. The van der Waals surface area contributed by atoms with Crippen molar-refractivity contribution in [3.8, 4) is 5.75 Å². The molecule has 0 aliphatic heterocycles. The smallest absolute Gasteiger partial charge is 0.176 e. The molecule has 3 unspecified atom stereocenters. The maximum absolute atomic E-state index is 12.5. The van der Waals surface area contributed by atoms with Gasteiger partial charge in [0.15, 0.2) is 11.9 Å². The predicted molar refractivity (Wildman–Crippen MR) is 82.3 cm³/mol. The molecule has 0 amide bonds. The number of hydrogen-bond donors (Lipinski definition) is 0. The average molecular weight is 295 g/mol. The molecule has 1 fully saturated rings. The number of ketones is 1. The lowest BCUT2D eigenvalue weighted by atomic mass is 9.77. The van der Waals surface area contributed by atoms with Gasteiger partial charge in [0.25, 0.3) is 0 Å². The molecule has 3 heteroatoms. The molecule has 0 heterocycles. The summed E-state index contributed by atoms with van der Waals surface area (Å²) < 4.78 is 5.75. The molecule has 0 bridgehead atoms. The van der Waals surface area contributed by atoms with Crippen LogP contribution >= 0.6 is 11.6 Å². The Hall–Kier alpha value is -1.02. The molecule has 0 radical (unpaired) electrons. The van der Waals surface area contributed by atoms with E-state index in [9.17, 15) is 4.79 Å². The van der Waals surface area contributed by atoms with Crippen LogP contribution in [0.15, 0.2) is 24.3 Å². The Kier molecular flexibility index (Phi) is 5.47. The van der Waals surface area contributed by atoms with E-state index in [1.165, 1.54) is 19.3 Å². The fraction of sp³-hybridized carbons (Fsp3) is 0.588. The zero-order valence-corrected chi connectivity index (χ0v) is 13.0. The first-order valence-corrected chi connectivity index (χ1v) is 7.94. The van der Waals surface area contributed by atoms with E-state index >= 15 is 0 Å². The molecule has 2 rings (SSSR count). The van der Waals surface area contributed by atoms with Crippen molar-refractivity contribution in [3.05, 3.63) is 29.3 Å². The molecule has 3 atom stereocenters. The summed E-state index contributed by atoms with van der Waals surface area (Å²) in [6.45, 7) is 4.06. The molecule has 1 aliphatic rings. The summed E-state index contributed by atoms with van der Waals surface area (Å²) in [6, 6.07) is 7.23. The van der Waals surface area contributed by atoms with Crippen LogP contribution in [0.3, 0.4) is 0 Å². The lowest BCUT2D eigenvalue weighted by molar-refractivity contribution is -0.130. The van der Waals surface area contributed by atoms with Gasteiger partial charge < -0.3 is 4.74 Å². The second-order valence-electron chi connectivity index (χ2n) is 5.76. The van der Waals surface area contributed by atoms with E-state index in [0.717, 1.165) is 12.8 Å². The molecular formula is C17H23ClO2. The van der Waals surface area contributed by atoms with Gasteiger partial charge in [-0.25, -0.2) is 0 Å². The Morgan fingerprint density at radius 3 is 2.95 bits per heavy atom. The van der Waals surface area contributed by atoms with Gasteiger partial charge in [-0.05, 0) is 43.9 Å². The molecule has 1 aliphatic carbocycles. The summed E-state index contributed by atoms with van der Waals surface area (Å²) in [5, 5.41) is 0.630. The zero-order valence-electron chi connectivity index (χ0n) is 12.3. The van der Waals surface area contributed by atoms with Crippen molar-refractivity contribution in [2.45, 2.75) is 52.1 Å². The van der Waals surface area contributed by atoms with Crippen molar-refractivity contribution in [2.75, 3.05) is 0 Å². The van der Waals surface area contributed by atoms with Gasteiger partial charge in [-0.1, -0.05) is 43.9 Å². The zero-order chi connectivity index (χ0) is 14.5. The normalized spacial score (nSPS) is 24.1. The minimum absolute atomic E-state index is 0.169. The summed E-state index contributed by atoms with van der Waals surface area (Å²) in [4.78, 5) is 12.5. The Labute approximate surface area is 126 Å². The van der Waals surface area contributed by atoms with Crippen molar-refractivity contribution < 1.29 is 9.53 Å². The van der Waals surface area contributed by atoms with Crippen LogP contribution in [-0.4, -0.2) is 11.9 Å². The van der Waals surface area contributed by atoms with Crippen molar-refractivity contribution in [2.24, 2.45) is 11.8 Å². The highest BCUT2D eigenvalue weighted by atomic mass is 35.5. The van der Waals surface area contributed by atoms with E-state index in [4.69, 9.17) is 16.3 Å². The summed E-state index contributed by atoms with van der Waals surface area (Å²) >= 11 is 5.93. The lowest BCUT2D eigenvalue weighted by Gasteiger charge is -2.29. The number of carbonyl (C=O) groups is 1. The van der Waals surface area contributed by atoms with Crippen LogP contribution in [0.1, 0.15) is 46.0 Å². The van der Waals surface area contributed by atoms with Gasteiger partial charge in [0.05, 0.1) is 0 Å². The second kappa shape index (κ2) is 7.12. The summed E-state index contributed by atoms with van der Waals surface area (Å²) in [5.74, 6) is 1.78. The molecule has 20 heavy (non-hydrogen) atoms. The Balaban J connectivity index is 1.94. The topological polar surface area (TPSA) is 26.3 Å². The Bertz CT molecular complexity index is 458. The third kappa shape index (κ3) is 3.99. The fourth-order valence-corrected chi connectivity index (χ4v) is 3.23. The van der Waals surface area contributed by atoms with E-state index in [2.05, 4.69) is 6.92 Å². The third-order valence-corrected chi connectivity index (χ3v) is 4.51. The Morgan fingerprint density at radius 2 is 2.25 bits per heavy atom. The van der Waals surface area contributed by atoms with Gasteiger partial charge in [0.1, 0.15) is 5.75 Å². The fourth-order valence-electron chi connectivity index (χ4n) is 3.05. The third-order valence-electron chi connectivity index (χ3n) is 4.27. The van der Waals surface area contributed by atoms with Gasteiger partial charge in [-0.15, -0.1) is 0 Å². The van der Waals surface area contributed by atoms with Crippen LogP contribution in [0, 0.1) is 11.8 Å². The van der Waals surface area contributed by atoms with Crippen molar-refractivity contribution in [1.82, 2.24) is 0 Å². The van der Waals surface area contributed by atoms with Crippen molar-refractivity contribution in [3.63, 3.8) is 0 Å². The Morgan fingerprint density at radius 1 is 1.45 bits per heavy atom. The molecule has 2 nitrogen and oxygen atoms in total. The summed E-state index contributed by atoms with van der Waals surface area (Å²) in [6.07, 6.45) is 5.25. The second-order valence-corrected chi connectivity index (χ2v) is 6.19. The van der Waals surface area contributed by atoms with Crippen LogP contribution in [0.5, 0.6) is 5.75 Å². The van der Waals surface area contributed by atoms with E-state index in [0.29, 0.717) is 16.7 Å². The maximum atomic E-state index is 12.5. The molecule has 1 aromatic carbocycles. The van der Waals surface area contributed by atoms with Gasteiger partial charge in [0.2, 0.25) is 0 Å². The van der Waals surface area contributed by atoms with E-state index in [-0.39, 0.29) is 11.7 Å². The van der Waals surface area contributed by atoms with E-state index in [1.54, 1.807) is 12.1 Å². The number of rotatable bonds is 5. The van der Waals surface area contributed by atoms with Crippen molar-refractivity contribution >= 4 is 17.4 Å². The molecule has 0 aromatic heterocycles. The van der Waals surface area contributed by atoms with Gasteiger partial charge in [-0.2, -0.15) is 0 Å². The summed E-state index contributed by atoms with van der Waals surface area (Å²) in [7, 11) is 0. The number of benzene rings is 1. The molecule has 1 aromatic rings. The number of Topliss-reactive ketones (excluding diaryl/α,β-unsaturated/α-hetero) is 1. The lowest BCUT2D eigenvalue weighted by Crippen LogP contribution is -2.33. The highest BCUT2D eigenvalue weighted by Crippen LogP contribution is 2.32. The number of halogens is 1. The largest absolute Gasteiger partial charge is 0.483 e. The molecule has 1 saturated carbocycles. The first kappa shape index (κ1) is 15.4. The van der Waals surface area contributed by atoms with E-state index < -0.39 is 6.10 Å². The molecule has 0 saturated heterocycles. The minimum Gasteiger partial charge on any atom is -0.483 e. The number of hydrogen-bond acceptors (Lipinski definition) is 2. The van der Waals surface area contributed by atoms with Crippen LogP contribution in [0.2, 0.25) is 5.02 Å². The first-order chi connectivity index (χ1) is 9.60. The average Bonchev–Trinajstić information content (AvgIpc) is 2.46. The SMILES string of the molecule is CCC1CCCC(C(=O)C(C)Oc2cccc(Cl)c2)C1. The van der Waals surface area contributed by atoms with E-state index in [1.807, 2.05) is 19.1 Å². The maximum Gasteiger partial charge on any atom is 0.176 e. The number of carbonyl (C=O) groups excluding carboxylic acids is 1. The van der Waals surface area contributed by atoms with Gasteiger partial charge in [-0.3, -0.25) is 4.79 Å². The predicted octanol–water partition coefficient (Wildman–Crippen LogP) is 4.89. The van der Waals surface area contributed by atoms with Gasteiger partial charge >= 0.3 is 0 Å². The van der Waals surface area contributed by atoms with Crippen LogP contribution in [-0.2, 0) is 4.79 Å². The molecule has 110 valence electrons. The van der Waals surface area contributed by atoms with Crippen LogP contribution < -0.4 is 4.74 Å². The monoisotopic (exact) mass is 294 g/mol.